The summed E-state index contributed by atoms with van der Waals surface area (Å²) in [6.07, 6.45) is 1.62. The first kappa shape index (κ1) is 27.3. The number of hydrogen-bond acceptors (Lipinski definition) is 6. The molecule has 0 bridgehead atoms. The summed E-state index contributed by atoms with van der Waals surface area (Å²) in [6.45, 7) is 8.55. The average Bonchev–Trinajstić information content (AvgIpc) is 3.43. The molecule has 0 aliphatic heterocycles. The quantitative estimate of drug-likeness (QED) is 0.223. The van der Waals surface area contributed by atoms with Crippen molar-refractivity contribution in [1.29, 1.82) is 0 Å². The molecule has 1 atom stereocenters. The van der Waals surface area contributed by atoms with Crippen LogP contribution in [0.1, 0.15) is 54.4 Å². The summed E-state index contributed by atoms with van der Waals surface area (Å²) in [5, 5.41) is 13.8. The second kappa shape index (κ2) is 12.7. The van der Waals surface area contributed by atoms with Gasteiger partial charge in [0, 0.05) is 36.1 Å². The number of H-pyrrole nitrogens is 1. The van der Waals surface area contributed by atoms with Gasteiger partial charge in [-0.25, -0.2) is 4.68 Å². The summed E-state index contributed by atoms with van der Waals surface area (Å²) < 4.78 is 7.60. The number of nitrogens with zero attached hydrogens (tertiary/aromatic N) is 5. The number of tetrazole rings is 1. The molecule has 0 saturated carbocycles. The summed E-state index contributed by atoms with van der Waals surface area (Å²) in [7, 11) is 0. The number of aromatic nitrogens is 5. The highest BCUT2D eigenvalue weighted by Gasteiger charge is 2.26. The lowest BCUT2D eigenvalue weighted by atomic mass is 10.1. The van der Waals surface area contributed by atoms with Crippen LogP contribution in [-0.2, 0) is 26.1 Å². The SMILES string of the molecule is CCOc1ccc2[nH]c(=O)c(CN(Cc3ccc(C)cc3)C(CC)c3nnnn3CCc3ccccc3)cc2c1. The monoisotopic (exact) mass is 536 g/mol. The Morgan fingerprint density at radius 3 is 2.50 bits per heavy atom. The van der Waals surface area contributed by atoms with E-state index in [0.29, 0.717) is 31.8 Å². The number of rotatable bonds is 12. The lowest BCUT2D eigenvalue weighted by Gasteiger charge is -2.30. The Bertz CT molecular complexity index is 1590. The molecule has 8 nitrogen and oxygen atoms in total. The number of fused-ring (bicyclic) bond motifs is 1. The van der Waals surface area contributed by atoms with Gasteiger partial charge < -0.3 is 9.72 Å². The van der Waals surface area contributed by atoms with Gasteiger partial charge in [0.05, 0.1) is 12.6 Å². The van der Waals surface area contributed by atoms with Crippen molar-refractivity contribution in [3.63, 3.8) is 0 Å². The van der Waals surface area contributed by atoms with Crippen LogP contribution in [0.3, 0.4) is 0 Å². The van der Waals surface area contributed by atoms with Crippen molar-refractivity contribution in [2.75, 3.05) is 6.61 Å². The van der Waals surface area contributed by atoms with Gasteiger partial charge in [-0.15, -0.1) is 5.10 Å². The Morgan fingerprint density at radius 1 is 0.950 bits per heavy atom. The van der Waals surface area contributed by atoms with E-state index >= 15 is 0 Å². The number of aryl methyl sites for hydroxylation is 3. The molecule has 8 heteroatoms. The summed E-state index contributed by atoms with van der Waals surface area (Å²) in [4.78, 5) is 18.6. The fraction of sp³-hybridized carbons (Fsp3) is 0.312. The molecule has 0 amide bonds. The Morgan fingerprint density at radius 2 is 1.75 bits per heavy atom. The number of ether oxygens (including phenoxy) is 1. The predicted octanol–water partition coefficient (Wildman–Crippen LogP) is 5.62. The van der Waals surface area contributed by atoms with E-state index in [9.17, 15) is 4.79 Å². The molecule has 1 N–H and O–H groups in total. The van der Waals surface area contributed by atoms with Gasteiger partial charge in [0.1, 0.15) is 5.75 Å². The van der Waals surface area contributed by atoms with Gasteiger partial charge in [-0.1, -0.05) is 67.1 Å². The van der Waals surface area contributed by atoms with Gasteiger partial charge in [0.2, 0.25) is 0 Å². The van der Waals surface area contributed by atoms with Crippen molar-refractivity contribution in [2.45, 2.75) is 59.3 Å². The Kier molecular flexibility index (Phi) is 8.66. The zero-order chi connectivity index (χ0) is 27.9. The molecule has 0 spiro atoms. The van der Waals surface area contributed by atoms with E-state index in [-0.39, 0.29) is 11.6 Å². The molecule has 40 heavy (non-hydrogen) atoms. The van der Waals surface area contributed by atoms with E-state index < -0.39 is 0 Å². The molecular weight excluding hydrogens is 500 g/mol. The minimum atomic E-state index is -0.0934. The smallest absolute Gasteiger partial charge is 0.252 e. The summed E-state index contributed by atoms with van der Waals surface area (Å²) in [5.41, 5.74) is 5.01. The van der Waals surface area contributed by atoms with Gasteiger partial charge in [-0.05, 0) is 72.5 Å². The molecule has 0 aliphatic rings. The van der Waals surface area contributed by atoms with Gasteiger partial charge in [0.15, 0.2) is 5.82 Å². The first-order valence-corrected chi connectivity index (χ1v) is 13.9. The molecule has 0 radical (unpaired) electrons. The van der Waals surface area contributed by atoms with Gasteiger partial charge in [0.25, 0.3) is 5.56 Å². The largest absolute Gasteiger partial charge is 0.494 e. The van der Waals surface area contributed by atoms with E-state index in [1.807, 2.05) is 54.1 Å². The van der Waals surface area contributed by atoms with Crippen LogP contribution in [0.15, 0.2) is 83.7 Å². The molecule has 5 rings (SSSR count). The van der Waals surface area contributed by atoms with E-state index in [1.165, 1.54) is 16.7 Å². The summed E-state index contributed by atoms with van der Waals surface area (Å²) in [6, 6.07) is 26.5. The van der Waals surface area contributed by atoms with Crippen LogP contribution in [0.2, 0.25) is 0 Å². The number of hydrogen-bond donors (Lipinski definition) is 1. The molecule has 2 heterocycles. The zero-order valence-electron chi connectivity index (χ0n) is 23.4. The molecule has 3 aromatic carbocycles. The van der Waals surface area contributed by atoms with Crippen LogP contribution in [0, 0.1) is 6.92 Å². The highest BCUT2D eigenvalue weighted by Crippen LogP contribution is 2.27. The van der Waals surface area contributed by atoms with Gasteiger partial charge in [-0.3, -0.25) is 9.69 Å². The van der Waals surface area contributed by atoms with Gasteiger partial charge in [-0.2, -0.15) is 0 Å². The van der Waals surface area contributed by atoms with Crippen LogP contribution in [-0.4, -0.2) is 36.7 Å². The minimum Gasteiger partial charge on any atom is -0.494 e. The number of nitrogens with one attached hydrogen (secondary N) is 1. The Balaban J connectivity index is 1.48. The first-order valence-electron chi connectivity index (χ1n) is 13.9. The van der Waals surface area contributed by atoms with Crippen LogP contribution < -0.4 is 10.3 Å². The molecule has 0 aliphatic carbocycles. The summed E-state index contributed by atoms with van der Waals surface area (Å²) in [5.74, 6) is 1.59. The van der Waals surface area contributed by atoms with E-state index in [0.717, 1.165) is 35.3 Å². The standard InChI is InChI=1S/C32H36N6O2/c1-4-30(31-34-35-36-38(31)18-17-24-9-7-6-8-10-24)37(21-25-13-11-23(3)12-14-25)22-27-19-26-20-28(40-5-2)15-16-29(26)33-32(27)39/h6-16,19-20,30H,4-5,17-18,21-22H2,1-3H3,(H,33,39). The zero-order valence-corrected chi connectivity index (χ0v) is 23.4. The van der Waals surface area contributed by atoms with Crippen molar-refractivity contribution < 1.29 is 4.74 Å². The second-order valence-corrected chi connectivity index (χ2v) is 10.1. The Hall–Kier alpha value is -4.30. The first-order chi connectivity index (χ1) is 19.5. The minimum absolute atomic E-state index is 0.0862. The maximum absolute atomic E-state index is 13.2. The Labute approximate surface area is 234 Å². The van der Waals surface area contributed by atoms with E-state index in [1.54, 1.807) is 0 Å². The van der Waals surface area contributed by atoms with Gasteiger partial charge >= 0.3 is 0 Å². The lowest BCUT2D eigenvalue weighted by Crippen LogP contribution is -2.32. The lowest BCUT2D eigenvalue weighted by molar-refractivity contribution is 0.160. The maximum atomic E-state index is 13.2. The van der Waals surface area contributed by atoms with Crippen LogP contribution >= 0.6 is 0 Å². The topological polar surface area (TPSA) is 88.9 Å². The average molecular weight is 537 g/mol. The maximum Gasteiger partial charge on any atom is 0.252 e. The van der Waals surface area contributed by atoms with E-state index in [2.05, 4.69) is 75.7 Å². The third-order valence-electron chi connectivity index (χ3n) is 7.22. The fourth-order valence-corrected chi connectivity index (χ4v) is 5.12. The second-order valence-electron chi connectivity index (χ2n) is 10.1. The van der Waals surface area contributed by atoms with E-state index in [4.69, 9.17) is 4.74 Å². The van der Waals surface area contributed by atoms with Crippen LogP contribution in [0.4, 0.5) is 0 Å². The molecule has 0 fully saturated rings. The number of pyridine rings is 1. The predicted molar refractivity (Wildman–Crippen MR) is 157 cm³/mol. The molecule has 206 valence electrons. The van der Waals surface area contributed by atoms with Crippen molar-refractivity contribution in [3.05, 3.63) is 117 Å². The highest BCUT2D eigenvalue weighted by atomic mass is 16.5. The molecule has 1 unspecified atom stereocenters. The highest BCUT2D eigenvalue weighted by molar-refractivity contribution is 5.80. The molecule has 0 saturated heterocycles. The number of benzene rings is 3. The summed E-state index contributed by atoms with van der Waals surface area (Å²) >= 11 is 0. The van der Waals surface area contributed by atoms with Crippen molar-refractivity contribution in [3.8, 4) is 5.75 Å². The third-order valence-corrected chi connectivity index (χ3v) is 7.22. The number of aromatic amines is 1. The van der Waals surface area contributed by atoms with Crippen LogP contribution in [0.5, 0.6) is 5.75 Å². The van der Waals surface area contributed by atoms with Crippen LogP contribution in [0.25, 0.3) is 10.9 Å². The molecule has 5 aromatic rings. The van der Waals surface area contributed by atoms with Crippen molar-refractivity contribution >= 4 is 10.9 Å². The van der Waals surface area contributed by atoms with Crippen molar-refractivity contribution in [2.24, 2.45) is 0 Å². The fourth-order valence-electron chi connectivity index (χ4n) is 5.12. The molecular formula is C32H36N6O2. The molecule has 2 aromatic heterocycles. The third kappa shape index (κ3) is 6.46. The van der Waals surface area contributed by atoms with Crippen molar-refractivity contribution in [1.82, 2.24) is 30.1 Å². The normalized spacial score (nSPS) is 12.2.